The van der Waals surface area contributed by atoms with Crippen molar-refractivity contribution >= 4 is 21.6 Å². The van der Waals surface area contributed by atoms with Gasteiger partial charge in [0.1, 0.15) is 0 Å². The van der Waals surface area contributed by atoms with E-state index in [1.54, 1.807) is 0 Å². The number of rotatable bonds is 4. The highest BCUT2D eigenvalue weighted by Crippen LogP contribution is 2.35. The van der Waals surface area contributed by atoms with Crippen LogP contribution in [0.4, 0.5) is 0 Å². The molecule has 1 aliphatic rings. The molecule has 142 valence electrons. The fourth-order valence-electron chi connectivity index (χ4n) is 3.97. The molecule has 7 heteroatoms. The SMILES string of the molecule is CC(c1nnnn1-c1ccccc1)N1CCC(c2nc3ccccc3s2)CC1. The first-order chi connectivity index (χ1) is 13.8. The lowest BCUT2D eigenvalue weighted by Gasteiger charge is -2.34. The van der Waals surface area contributed by atoms with Crippen LogP contribution in [0.3, 0.4) is 0 Å². The van der Waals surface area contributed by atoms with E-state index in [4.69, 9.17) is 4.98 Å². The third-order valence-corrected chi connectivity index (χ3v) is 6.80. The lowest BCUT2D eigenvalue weighted by molar-refractivity contribution is 0.155. The number of nitrogens with zero attached hydrogens (tertiary/aromatic N) is 6. The van der Waals surface area contributed by atoms with E-state index >= 15 is 0 Å². The second-order valence-electron chi connectivity index (χ2n) is 7.29. The van der Waals surface area contributed by atoms with E-state index in [1.165, 1.54) is 9.71 Å². The third kappa shape index (κ3) is 3.21. The normalized spacial score (nSPS) is 17.2. The van der Waals surface area contributed by atoms with Crippen molar-refractivity contribution in [3.8, 4) is 5.69 Å². The first-order valence-corrected chi connectivity index (χ1v) is 10.5. The van der Waals surface area contributed by atoms with E-state index in [0.717, 1.165) is 43.0 Å². The summed E-state index contributed by atoms with van der Waals surface area (Å²) in [6.07, 6.45) is 2.24. The summed E-state index contributed by atoms with van der Waals surface area (Å²) < 4.78 is 3.14. The van der Waals surface area contributed by atoms with Crippen LogP contribution in [-0.2, 0) is 0 Å². The Morgan fingerprint density at radius 3 is 2.54 bits per heavy atom. The van der Waals surface area contributed by atoms with Gasteiger partial charge in [0.2, 0.25) is 0 Å². The van der Waals surface area contributed by atoms with E-state index in [2.05, 4.69) is 51.6 Å². The zero-order valence-corrected chi connectivity index (χ0v) is 16.6. The number of piperidine rings is 1. The Bertz CT molecular complexity index is 1030. The number of hydrogen-bond acceptors (Lipinski definition) is 6. The molecule has 0 bridgehead atoms. The molecule has 1 unspecified atom stereocenters. The van der Waals surface area contributed by atoms with Crippen molar-refractivity contribution in [2.45, 2.75) is 31.7 Å². The number of thiazole rings is 1. The van der Waals surface area contributed by atoms with Crippen molar-refractivity contribution < 1.29 is 0 Å². The van der Waals surface area contributed by atoms with E-state index in [9.17, 15) is 0 Å². The van der Waals surface area contributed by atoms with Gasteiger partial charge in [0.15, 0.2) is 5.82 Å². The Kier molecular flexibility index (Phi) is 4.62. The van der Waals surface area contributed by atoms with Crippen molar-refractivity contribution in [1.29, 1.82) is 0 Å². The molecule has 5 rings (SSSR count). The van der Waals surface area contributed by atoms with Crippen molar-refractivity contribution in [2.75, 3.05) is 13.1 Å². The maximum absolute atomic E-state index is 4.87. The van der Waals surface area contributed by atoms with Gasteiger partial charge >= 0.3 is 0 Å². The summed E-state index contributed by atoms with van der Waals surface area (Å²) in [5.41, 5.74) is 2.12. The highest BCUT2D eigenvalue weighted by atomic mass is 32.1. The van der Waals surface area contributed by atoms with Crippen LogP contribution >= 0.6 is 11.3 Å². The third-order valence-electron chi connectivity index (χ3n) is 5.60. The Morgan fingerprint density at radius 2 is 1.75 bits per heavy atom. The predicted octanol–water partition coefficient (Wildman–Crippen LogP) is 4.21. The largest absolute Gasteiger partial charge is 0.294 e. The minimum absolute atomic E-state index is 0.173. The minimum Gasteiger partial charge on any atom is -0.294 e. The number of likely N-dealkylation sites (tertiary alicyclic amines) is 1. The van der Waals surface area contributed by atoms with E-state index in [1.807, 2.05) is 46.4 Å². The van der Waals surface area contributed by atoms with Gasteiger partial charge in [-0.05, 0) is 67.5 Å². The van der Waals surface area contributed by atoms with E-state index < -0.39 is 0 Å². The minimum atomic E-state index is 0.173. The van der Waals surface area contributed by atoms with Crippen LogP contribution in [0, 0.1) is 0 Å². The van der Waals surface area contributed by atoms with Gasteiger partial charge in [0, 0.05) is 5.92 Å². The lowest BCUT2D eigenvalue weighted by Crippen LogP contribution is -2.36. The topological polar surface area (TPSA) is 59.7 Å². The van der Waals surface area contributed by atoms with Gasteiger partial charge in [-0.1, -0.05) is 30.3 Å². The summed E-state index contributed by atoms with van der Waals surface area (Å²) in [5, 5.41) is 13.7. The van der Waals surface area contributed by atoms with Gasteiger partial charge in [-0.15, -0.1) is 16.4 Å². The average Bonchev–Trinajstić information content (AvgIpc) is 3.41. The number of hydrogen-bond donors (Lipinski definition) is 0. The molecule has 0 spiro atoms. The zero-order chi connectivity index (χ0) is 18.9. The molecule has 2 aromatic carbocycles. The Labute approximate surface area is 167 Å². The summed E-state index contributed by atoms with van der Waals surface area (Å²) in [5.74, 6) is 1.44. The van der Waals surface area contributed by atoms with Crippen LogP contribution in [0.25, 0.3) is 15.9 Å². The summed E-state index contributed by atoms with van der Waals surface area (Å²) in [6, 6.07) is 18.7. The number of para-hydroxylation sites is 2. The van der Waals surface area contributed by atoms with Crippen LogP contribution in [0.1, 0.15) is 42.6 Å². The van der Waals surface area contributed by atoms with Crippen LogP contribution in [-0.4, -0.2) is 43.2 Å². The maximum Gasteiger partial charge on any atom is 0.173 e. The molecule has 0 N–H and O–H groups in total. The molecule has 1 fully saturated rings. The highest BCUT2D eigenvalue weighted by molar-refractivity contribution is 7.18. The summed E-state index contributed by atoms with van der Waals surface area (Å²) in [4.78, 5) is 7.35. The van der Waals surface area contributed by atoms with Gasteiger partial charge in [0.25, 0.3) is 0 Å². The van der Waals surface area contributed by atoms with Crippen molar-refractivity contribution in [2.24, 2.45) is 0 Å². The molecule has 0 radical (unpaired) electrons. The van der Waals surface area contributed by atoms with Crippen LogP contribution in [0.5, 0.6) is 0 Å². The number of tetrazole rings is 1. The molecule has 28 heavy (non-hydrogen) atoms. The molecular weight excluding hydrogens is 368 g/mol. The standard InChI is InChI=1S/C21H22N6S/c1-15(20-23-24-25-27(20)17-7-3-2-4-8-17)26-13-11-16(12-14-26)21-22-18-9-5-6-10-19(18)28-21/h2-10,15-16H,11-14H2,1H3. The number of benzene rings is 2. The summed E-state index contributed by atoms with van der Waals surface area (Å²) >= 11 is 1.84. The van der Waals surface area contributed by atoms with E-state index in [0.29, 0.717) is 5.92 Å². The Morgan fingerprint density at radius 1 is 1.00 bits per heavy atom. The van der Waals surface area contributed by atoms with Gasteiger partial charge in [-0.3, -0.25) is 4.90 Å². The first-order valence-electron chi connectivity index (χ1n) is 9.73. The number of aromatic nitrogens is 5. The molecule has 2 aromatic heterocycles. The van der Waals surface area contributed by atoms with Gasteiger partial charge in [0.05, 0.1) is 27.0 Å². The second kappa shape index (κ2) is 7.41. The van der Waals surface area contributed by atoms with Crippen LogP contribution in [0.2, 0.25) is 0 Å². The number of fused-ring (bicyclic) bond motifs is 1. The quantitative estimate of drug-likeness (QED) is 0.522. The lowest BCUT2D eigenvalue weighted by atomic mass is 9.96. The molecule has 1 aliphatic heterocycles. The van der Waals surface area contributed by atoms with Crippen molar-refractivity contribution in [3.63, 3.8) is 0 Å². The molecule has 1 atom stereocenters. The second-order valence-corrected chi connectivity index (χ2v) is 8.35. The zero-order valence-electron chi connectivity index (χ0n) is 15.8. The summed E-state index contributed by atoms with van der Waals surface area (Å²) in [6.45, 7) is 4.26. The fourth-order valence-corrected chi connectivity index (χ4v) is 5.11. The first kappa shape index (κ1) is 17.5. The van der Waals surface area contributed by atoms with Gasteiger partial charge in [-0.25, -0.2) is 4.98 Å². The average molecular weight is 391 g/mol. The molecule has 0 aliphatic carbocycles. The summed E-state index contributed by atoms with van der Waals surface area (Å²) in [7, 11) is 0. The molecular formula is C21H22N6S. The van der Waals surface area contributed by atoms with E-state index in [-0.39, 0.29) is 6.04 Å². The predicted molar refractivity (Wildman–Crippen MR) is 111 cm³/mol. The van der Waals surface area contributed by atoms with Crippen LogP contribution < -0.4 is 0 Å². The molecule has 4 aromatic rings. The van der Waals surface area contributed by atoms with Gasteiger partial charge in [-0.2, -0.15) is 4.68 Å². The Balaban J connectivity index is 1.30. The molecule has 1 saturated heterocycles. The van der Waals surface area contributed by atoms with Gasteiger partial charge < -0.3 is 0 Å². The molecule has 3 heterocycles. The smallest absolute Gasteiger partial charge is 0.173 e. The van der Waals surface area contributed by atoms with Crippen molar-refractivity contribution in [3.05, 3.63) is 65.4 Å². The monoisotopic (exact) mass is 390 g/mol. The molecule has 6 nitrogen and oxygen atoms in total. The Hall–Kier alpha value is -2.64. The van der Waals surface area contributed by atoms with Crippen molar-refractivity contribution in [1.82, 2.24) is 30.1 Å². The fraction of sp³-hybridized carbons (Fsp3) is 0.333. The molecule has 0 amide bonds. The maximum atomic E-state index is 4.87. The molecule has 0 saturated carbocycles. The highest BCUT2D eigenvalue weighted by Gasteiger charge is 2.29. The van der Waals surface area contributed by atoms with Crippen LogP contribution in [0.15, 0.2) is 54.6 Å².